The van der Waals surface area contributed by atoms with Crippen LogP contribution in [-0.4, -0.2) is 23.4 Å². The minimum absolute atomic E-state index is 0.273. The summed E-state index contributed by atoms with van der Waals surface area (Å²) in [7, 11) is 0. The third-order valence-corrected chi connectivity index (χ3v) is 6.60. The van der Waals surface area contributed by atoms with Crippen molar-refractivity contribution in [2.24, 2.45) is 10.8 Å². The number of fused-ring (bicyclic) bond motifs is 2. The maximum atomic E-state index is 13.0. The van der Waals surface area contributed by atoms with Crippen molar-refractivity contribution < 1.29 is 4.79 Å². The van der Waals surface area contributed by atoms with Crippen molar-refractivity contribution >= 4 is 17.2 Å². The summed E-state index contributed by atoms with van der Waals surface area (Å²) >= 11 is 1.76. The van der Waals surface area contributed by atoms with Gasteiger partial charge in [-0.3, -0.25) is 4.79 Å². The first-order valence-electron chi connectivity index (χ1n) is 9.20. The molecule has 23 heavy (non-hydrogen) atoms. The van der Waals surface area contributed by atoms with Crippen molar-refractivity contribution in [2.75, 3.05) is 6.54 Å². The fourth-order valence-electron chi connectivity index (χ4n) is 5.04. The summed E-state index contributed by atoms with van der Waals surface area (Å²) in [5.41, 5.74) is 1.62. The molecule has 2 atom stereocenters. The molecule has 1 aromatic rings. The molecule has 2 unspecified atom stereocenters. The lowest BCUT2D eigenvalue weighted by atomic mass is 9.65. The molecule has 0 radical (unpaired) electrons. The first-order valence-corrected chi connectivity index (χ1v) is 10.1. The van der Waals surface area contributed by atoms with Crippen LogP contribution in [0.4, 0.5) is 0 Å². The second-order valence-electron chi connectivity index (χ2n) is 8.91. The Morgan fingerprint density at radius 1 is 1.30 bits per heavy atom. The fourth-order valence-corrected chi connectivity index (χ4v) is 5.94. The Hall–Kier alpha value is -0.830. The monoisotopic (exact) mass is 333 g/mol. The third kappa shape index (κ3) is 3.65. The molecule has 0 N–H and O–H groups in total. The van der Waals surface area contributed by atoms with Gasteiger partial charge in [-0.05, 0) is 49.0 Å². The zero-order valence-electron chi connectivity index (χ0n) is 15.2. The number of carbonyl (C=O) groups excluding carboxylic acids is 1. The van der Waals surface area contributed by atoms with Gasteiger partial charge in [0.1, 0.15) is 0 Å². The summed E-state index contributed by atoms with van der Waals surface area (Å²) < 4.78 is 0. The zero-order valence-corrected chi connectivity index (χ0v) is 16.0. The maximum Gasteiger partial charge on any atom is 0.254 e. The molecule has 1 aliphatic heterocycles. The molecule has 128 valence electrons. The van der Waals surface area contributed by atoms with Gasteiger partial charge in [-0.25, -0.2) is 0 Å². The highest BCUT2D eigenvalue weighted by Gasteiger charge is 2.51. The van der Waals surface area contributed by atoms with Crippen LogP contribution in [-0.2, 0) is 6.42 Å². The predicted molar refractivity (Wildman–Crippen MR) is 98.1 cm³/mol. The molecule has 1 saturated carbocycles. The molecule has 3 rings (SSSR count). The molecular formula is C20H31NOS. The van der Waals surface area contributed by atoms with Gasteiger partial charge in [0.05, 0.1) is 5.56 Å². The van der Waals surface area contributed by atoms with Gasteiger partial charge in [0.2, 0.25) is 0 Å². The van der Waals surface area contributed by atoms with E-state index in [1.165, 1.54) is 37.0 Å². The number of rotatable bonds is 5. The Kier molecular flexibility index (Phi) is 4.61. The van der Waals surface area contributed by atoms with Crippen molar-refractivity contribution in [3.63, 3.8) is 0 Å². The number of hydrogen-bond acceptors (Lipinski definition) is 2. The summed E-state index contributed by atoms with van der Waals surface area (Å²) in [4.78, 5) is 16.6. The minimum atomic E-state index is 0.273. The lowest BCUT2D eigenvalue weighted by molar-refractivity contribution is 0.0708. The lowest BCUT2D eigenvalue weighted by Gasteiger charge is -2.39. The summed E-state index contributed by atoms with van der Waals surface area (Å²) in [5, 5.41) is 2.08. The third-order valence-electron chi connectivity index (χ3n) is 5.60. The van der Waals surface area contributed by atoms with E-state index in [1.807, 2.05) is 0 Å². The van der Waals surface area contributed by atoms with Gasteiger partial charge in [-0.1, -0.05) is 40.5 Å². The van der Waals surface area contributed by atoms with Crippen LogP contribution in [0.25, 0.3) is 0 Å². The van der Waals surface area contributed by atoms with Gasteiger partial charge in [0.15, 0.2) is 0 Å². The normalized spacial score (nSPS) is 29.0. The molecule has 2 aliphatic rings. The second-order valence-corrected chi connectivity index (χ2v) is 9.90. The van der Waals surface area contributed by atoms with E-state index in [9.17, 15) is 4.79 Å². The van der Waals surface area contributed by atoms with Gasteiger partial charge in [-0.2, -0.15) is 0 Å². The molecule has 2 heterocycles. The van der Waals surface area contributed by atoms with Crippen molar-refractivity contribution in [1.82, 2.24) is 4.90 Å². The van der Waals surface area contributed by atoms with Crippen LogP contribution < -0.4 is 0 Å². The van der Waals surface area contributed by atoms with Crippen LogP contribution >= 0.6 is 11.3 Å². The van der Waals surface area contributed by atoms with E-state index in [1.54, 1.807) is 11.3 Å². The van der Waals surface area contributed by atoms with Gasteiger partial charge in [0, 0.05) is 22.8 Å². The molecule has 0 spiro atoms. The van der Waals surface area contributed by atoms with Crippen LogP contribution in [0.3, 0.4) is 0 Å². The van der Waals surface area contributed by atoms with Crippen LogP contribution in [0.1, 0.15) is 81.5 Å². The average molecular weight is 334 g/mol. The SMILES string of the molecule is CCCCCc1cc(C(=O)N2CC3(C)CC2CC(C)(C)C3)cs1. The maximum absolute atomic E-state index is 13.0. The molecular weight excluding hydrogens is 302 g/mol. The number of hydrogen-bond donors (Lipinski definition) is 0. The van der Waals surface area contributed by atoms with E-state index in [4.69, 9.17) is 0 Å². The summed E-state index contributed by atoms with van der Waals surface area (Å²) in [6.45, 7) is 10.3. The van der Waals surface area contributed by atoms with Crippen molar-refractivity contribution in [3.8, 4) is 0 Å². The highest BCUT2D eigenvalue weighted by atomic mass is 32.1. The Morgan fingerprint density at radius 2 is 2.09 bits per heavy atom. The number of aryl methyl sites for hydroxylation is 1. The number of unbranched alkanes of at least 4 members (excludes halogenated alkanes) is 2. The van der Waals surface area contributed by atoms with Crippen molar-refractivity contribution in [1.29, 1.82) is 0 Å². The number of amides is 1. The number of nitrogens with zero attached hydrogens (tertiary/aromatic N) is 1. The summed E-state index contributed by atoms with van der Waals surface area (Å²) in [5.74, 6) is 0.273. The molecule has 2 bridgehead atoms. The van der Waals surface area contributed by atoms with Crippen LogP contribution in [0, 0.1) is 10.8 Å². The molecule has 1 saturated heterocycles. The van der Waals surface area contributed by atoms with E-state index >= 15 is 0 Å². The van der Waals surface area contributed by atoms with E-state index < -0.39 is 0 Å². The predicted octanol–water partition coefficient (Wildman–Crippen LogP) is 5.52. The first kappa shape index (κ1) is 17.0. The average Bonchev–Trinajstić information content (AvgIpc) is 3.00. The van der Waals surface area contributed by atoms with Crippen LogP contribution in [0.15, 0.2) is 11.4 Å². The smallest absolute Gasteiger partial charge is 0.254 e. The largest absolute Gasteiger partial charge is 0.335 e. The molecule has 3 heteroatoms. The molecule has 1 aliphatic carbocycles. The molecule has 2 nitrogen and oxygen atoms in total. The van der Waals surface area contributed by atoms with Crippen LogP contribution in [0.5, 0.6) is 0 Å². The Morgan fingerprint density at radius 3 is 2.83 bits per heavy atom. The van der Waals surface area contributed by atoms with Crippen LogP contribution in [0.2, 0.25) is 0 Å². The van der Waals surface area contributed by atoms with Gasteiger partial charge in [0.25, 0.3) is 5.91 Å². The fraction of sp³-hybridized carbons (Fsp3) is 0.750. The second kappa shape index (κ2) is 6.23. The number of thiophene rings is 1. The van der Waals surface area contributed by atoms with E-state index in [2.05, 4.69) is 44.0 Å². The Balaban J connectivity index is 1.69. The standard InChI is InChI=1S/C20H31NOS/c1-5-6-7-8-17-9-15(12-23-17)18(22)21-14-20(4)11-16(21)10-19(2,3)13-20/h9,12,16H,5-8,10-11,13-14H2,1-4H3. The number of likely N-dealkylation sites (tertiary alicyclic amines) is 1. The molecule has 0 aromatic carbocycles. The van der Waals surface area contributed by atoms with E-state index in [0.717, 1.165) is 24.9 Å². The van der Waals surface area contributed by atoms with E-state index in [-0.39, 0.29) is 5.91 Å². The minimum Gasteiger partial charge on any atom is -0.335 e. The highest BCUT2D eigenvalue weighted by molar-refractivity contribution is 7.10. The Bertz CT molecular complexity index is 576. The molecule has 1 aromatic heterocycles. The quantitative estimate of drug-likeness (QED) is 0.650. The van der Waals surface area contributed by atoms with Gasteiger partial charge in [-0.15, -0.1) is 11.3 Å². The zero-order chi connectivity index (χ0) is 16.7. The highest BCUT2D eigenvalue weighted by Crippen LogP contribution is 2.52. The summed E-state index contributed by atoms with van der Waals surface area (Å²) in [6.07, 6.45) is 8.48. The number of carbonyl (C=O) groups is 1. The van der Waals surface area contributed by atoms with E-state index in [0.29, 0.717) is 16.9 Å². The van der Waals surface area contributed by atoms with Crippen molar-refractivity contribution in [2.45, 2.75) is 78.7 Å². The summed E-state index contributed by atoms with van der Waals surface area (Å²) in [6, 6.07) is 2.60. The van der Waals surface area contributed by atoms with Gasteiger partial charge < -0.3 is 4.90 Å². The molecule has 2 fully saturated rings. The first-order chi connectivity index (χ1) is 10.8. The van der Waals surface area contributed by atoms with Gasteiger partial charge >= 0.3 is 0 Å². The molecule has 1 amide bonds. The Labute approximate surface area is 145 Å². The lowest BCUT2D eigenvalue weighted by Crippen LogP contribution is -2.37. The van der Waals surface area contributed by atoms with Crippen molar-refractivity contribution in [3.05, 3.63) is 21.9 Å². The topological polar surface area (TPSA) is 20.3 Å².